The predicted octanol–water partition coefficient (Wildman–Crippen LogP) is 1.66. The van der Waals surface area contributed by atoms with Crippen LogP contribution < -0.4 is 10.6 Å². The molecule has 10 nitrogen and oxygen atoms in total. The smallest absolute Gasteiger partial charge is 0.414 e. The molecule has 3 amide bonds. The van der Waals surface area contributed by atoms with Gasteiger partial charge in [-0.3, -0.25) is 14.9 Å². The number of nitrogens with one attached hydrogen (secondary N) is 2. The molecule has 3 rings (SSSR count). The molecule has 0 unspecified atom stereocenters. The molecule has 0 spiro atoms. The first-order valence-electron chi connectivity index (χ1n) is 8.49. The van der Waals surface area contributed by atoms with Crippen molar-refractivity contribution in [1.29, 1.82) is 0 Å². The minimum Gasteiger partial charge on any atom is -0.450 e. The number of carbonyl (C=O) groups excluding carboxylic acids is 3. The van der Waals surface area contributed by atoms with Crippen LogP contribution in [-0.2, 0) is 27.7 Å². The van der Waals surface area contributed by atoms with Crippen molar-refractivity contribution in [2.45, 2.75) is 19.9 Å². The van der Waals surface area contributed by atoms with E-state index in [1.807, 2.05) is 0 Å². The second kappa shape index (κ2) is 8.57. The molecule has 0 saturated carbocycles. The van der Waals surface area contributed by atoms with E-state index in [0.29, 0.717) is 18.7 Å². The highest BCUT2D eigenvalue weighted by atomic mass is 32.2. The van der Waals surface area contributed by atoms with E-state index in [4.69, 9.17) is 0 Å². The van der Waals surface area contributed by atoms with Gasteiger partial charge in [-0.1, -0.05) is 0 Å². The van der Waals surface area contributed by atoms with E-state index in [9.17, 15) is 22.8 Å². The number of aromatic nitrogens is 1. The summed E-state index contributed by atoms with van der Waals surface area (Å²) in [5, 5.41) is 6.75. The second-order valence-corrected chi connectivity index (χ2v) is 10.0. The van der Waals surface area contributed by atoms with E-state index >= 15 is 0 Å². The Morgan fingerprint density at radius 1 is 1.31 bits per heavy atom. The van der Waals surface area contributed by atoms with E-state index in [1.54, 1.807) is 12.3 Å². The van der Waals surface area contributed by atoms with Gasteiger partial charge in [-0.15, -0.1) is 22.7 Å². The normalized spacial score (nSPS) is 14.1. The lowest BCUT2D eigenvalue weighted by Gasteiger charge is -2.23. The number of amides is 3. The summed E-state index contributed by atoms with van der Waals surface area (Å²) in [6.45, 7) is 2.24. The standard InChI is InChI=1S/C16H18N4O6S3/c1-3-26-16(23)19-12(21)9-5-7-27-14(9)18-13(22)15-17-10-4-6-20(29(2,24)25)8-11(10)28-15/h5,7H,3-4,6,8H2,1-2H3,(H,18,22)(H,19,21,23). The zero-order valence-electron chi connectivity index (χ0n) is 15.6. The Morgan fingerprint density at radius 3 is 2.76 bits per heavy atom. The lowest BCUT2D eigenvalue weighted by atomic mass is 10.2. The number of hydrogen-bond acceptors (Lipinski definition) is 9. The highest BCUT2D eigenvalue weighted by Crippen LogP contribution is 2.28. The Kier molecular flexibility index (Phi) is 6.31. The van der Waals surface area contributed by atoms with Crippen LogP contribution in [0.3, 0.4) is 0 Å². The molecule has 1 aliphatic heterocycles. The highest BCUT2D eigenvalue weighted by molar-refractivity contribution is 7.88. The van der Waals surface area contributed by atoms with E-state index in [1.165, 1.54) is 10.4 Å². The van der Waals surface area contributed by atoms with Gasteiger partial charge in [0.15, 0.2) is 5.01 Å². The fraction of sp³-hybridized carbons (Fsp3) is 0.375. The molecule has 0 saturated heterocycles. The molecular formula is C16H18N4O6S3. The summed E-state index contributed by atoms with van der Waals surface area (Å²) in [4.78, 5) is 41.2. The number of imide groups is 1. The monoisotopic (exact) mass is 458 g/mol. The van der Waals surface area contributed by atoms with Gasteiger partial charge >= 0.3 is 6.09 Å². The van der Waals surface area contributed by atoms with Crippen molar-refractivity contribution >= 4 is 55.6 Å². The number of hydrogen-bond donors (Lipinski definition) is 2. The van der Waals surface area contributed by atoms with Crippen LogP contribution in [0.4, 0.5) is 9.80 Å². The van der Waals surface area contributed by atoms with Crippen molar-refractivity contribution in [3.05, 3.63) is 32.6 Å². The maximum Gasteiger partial charge on any atom is 0.414 e. The average molecular weight is 459 g/mol. The molecule has 29 heavy (non-hydrogen) atoms. The molecule has 2 aromatic heterocycles. The molecule has 0 atom stereocenters. The van der Waals surface area contributed by atoms with Crippen LogP contribution in [0, 0.1) is 0 Å². The topological polar surface area (TPSA) is 135 Å². The van der Waals surface area contributed by atoms with Gasteiger partial charge < -0.3 is 10.1 Å². The van der Waals surface area contributed by atoms with Crippen LogP contribution in [0.1, 0.15) is 37.7 Å². The molecule has 156 valence electrons. The number of rotatable bonds is 5. The van der Waals surface area contributed by atoms with Crippen LogP contribution >= 0.6 is 22.7 Å². The molecule has 2 N–H and O–H groups in total. The first-order chi connectivity index (χ1) is 13.7. The number of sulfonamides is 1. The molecule has 0 radical (unpaired) electrons. The number of nitrogens with zero attached hydrogens (tertiary/aromatic N) is 2. The van der Waals surface area contributed by atoms with Gasteiger partial charge in [0.1, 0.15) is 5.00 Å². The Morgan fingerprint density at radius 2 is 2.07 bits per heavy atom. The fourth-order valence-electron chi connectivity index (χ4n) is 2.62. The Balaban J connectivity index is 1.71. The Hall–Kier alpha value is -2.35. The number of anilines is 1. The Labute approximate surface area is 174 Å². The summed E-state index contributed by atoms with van der Waals surface area (Å²) in [7, 11) is -3.32. The summed E-state index contributed by atoms with van der Waals surface area (Å²) >= 11 is 2.24. The van der Waals surface area contributed by atoms with Crippen molar-refractivity contribution in [3.8, 4) is 0 Å². The van der Waals surface area contributed by atoms with Gasteiger partial charge in [-0.2, -0.15) is 4.31 Å². The quantitative estimate of drug-likeness (QED) is 0.696. The minimum absolute atomic E-state index is 0.123. The largest absolute Gasteiger partial charge is 0.450 e. The summed E-state index contributed by atoms with van der Waals surface area (Å²) < 4.78 is 29.5. The van der Waals surface area contributed by atoms with Crippen molar-refractivity contribution in [1.82, 2.24) is 14.6 Å². The zero-order chi connectivity index (χ0) is 21.2. The molecule has 0 fully saturated rings. The van der Waals surface area contributed by atoms with Crippen molar-refractivity contribution < 1.29 is 27.5 Å². The van der Waals surface area contributed by atoms with Gasteiger partial charge in [0.25, 0.3) is 11.8 Å². The van der Waals surface area contributed by atoms with Gasteiger partial charge in [0.2, 0.25) is 10.0 Å². The van der Waals surface area contributed by atoms with Gasteiger partial charge in [-0.25, -0.2) is 18.2 Å². The maximum absolute atomic E-state index is 12.6. The molecule has 2 aromatic rings. The Bertz CT molecular complexity index is 1060. The summed E-state index contributed by atoms with van der Waals surface area (Å²) in [6.07, 6.45) is 0.703. The van der Waals surface area contributed by atoms with Crippen LogP contribution in [-0.4, -0.2) is 55.0 Å². The van der Waals surface area contributed by atoms with Gasteiger partial charge in [0.05, 0.1) is 24.1 Å². The highest BCUT2D eigenvalue weighted by Gasteiger charge is 2.28. The van der Waals surface area contributed by atoms with E-state index in [0.717, 1.165) is 33.8 Å². The van der Waals surface area contributed by atoms with Crippen molar-refractivity contribution in [2.75, 3.05) is 24.7 Å². The molecule has 0 aliphatic carbocycles. The first kappa shape index (κ1) is 21.4. The average Bonchev–Trinajstić information content (AvgIpc) is 3.26. The van der Waals surface area contributed by atoms with E-state index < -0.39 is 27.9 Å². The second-order valence-electron chi connectivity index (χ2n) is 6.03. The summed E-state index contributed by atoms with van der Waals surface area (Å²) in [6, 6.07) is 1.48. The third kappa shape index (κ3) is 4.98. The van der Waals surface area contributed by atoms with Crippen LogP contribution in [0.2, 0.25) is 0 Å². The van der Waals surface area contributed by atoms with E-state index in [-0.39, 0.29) is 28.7 Å². The predicted molar refractivity (Wildman–Crippen MR) is 108 cm³/mol. The molecule has 1 aliphatic rings. The zero-order valence-corrected chi connectivity index (χ0v) is 18.0. The molecule has 0 bridgehead atoms. The van der Waals surface area contributed by atoms with Crippen molar-refractivity contribution in [3.63, 3.8) is 0 Å². The van der Waals surface area contributed by atoms with Crippen LogP contribution in [0.5, 0.6) is 0 Å². The first-order valence-corrected chi connectivity index (χ1v) is 12.0. The third-order valence-corrected chi connectivity index (χ3v) is 7.15. The van der Waals surface area contributed by atoms with Crippen molar-refractivity contribution in [2.24, 2.45) is 0 Å². The maximum atomic E-state index is 12.6. The number of carbonyl (C=O) groups is 3. The molecule has 0 aromatic carbocycles. The van der Waals surface area contributed by atoms with Gasteiger partial charge in [-0.05, 0) is 18.4 Å². The summed E-state index contributed by atoms with van der Waals surface area (Å²) in [5.41, 5.74) is 0.826. The molecule has 3 heterocycles. The van der Waals surface area contributed by atoms with E-state index in [2.05, 4.69) is 20.4 Å². The fourth-order valence-corrected chi connectivity index (χ4v) is 5.29. The number of ether oxygens (including phenoxy) is 1. The molecule has 13 heteroatoms. The number of thiophene rings is 1. The number of fused-ring (bicyclic) bond motifs is 1. The molecular weight excluding hydrogens is 440 g/mol. The number of alkyl carbamates (subject to hydrolysis) is 1. The lowest BCUT2D eigenvalue weighted by molar-refractivity contribution is 0.0926. The number of thiazole rings is 1. The van der Waals surface area contributed by atoms with Crippen LogP contribution in [0.25, 0.3) is 0 Å². The SMILES string of the molecule is CCOC(=O)NC(=O)c1ccsc1NC(=O)c1nc2c(s1)CN(S(C)(=O)=O)CC2. The van der Waals surface area contributed by atoms with Gasteiger partial charge in [0, 0.05) is 24.4 Å². The minimum atomic E-state index is -3.32. The van der Waals surface area contributed by atoms with Crippen LogP contribution in [0.15, 0.2) is 11.4 Å². The summed E-state index contributed by atoms with van der Waals surface area (Å²) in [5.74, 6) is -1.20. The lowest BCUT2D eigenvalue weighted by Crippen LogP contribution is -2.34. The third-order valence-electron chi connectivity index (χ3n) is 3.99.